The van der Waals surface area contributed by atoms with Crippen molar-refractivity contribution < 1.29 is 14.3 Å². The van der Waals surface area contributed by atoms with Crippen molar-refractivity contribution in [2.45, 2.75) is 26.3 Å². The van der Waals surface area contributed by atoms with E-state index in [0.717, 1.165) is 12.1 Å². The number of aromatic nitrogens is 1. The Morgan fingerprint density at radius 3 is 2.72 bits per heavy atom. The Balaban J connectivity index is 2.19. The third kappa shape index (κ3) is 4.93. The van der Waals surface area contributed by atoms with E-state index in [2.05, 4.69) is 34.2 Å². The molecule has 1 aromatic heterocycles. The molecule has 1 amide bonds. The first-order valence-electron chi connectivity index (χ1n) is 7.86. The summed E-state index contributed by atoms with van der Waals surface area (Å²) in [7, 11) is 1.29. The van der Waals surface area contributed by atoms with Gasteiger partial charge in [-0.1, -0.05) is 18.5 Å². The van der Waals surface area contributed by atoms with Crippen molar-refractivity contribution >= 4 is 34.9 Å². The lowest BCUT2D eigenvalue weighted by atomic mass is 10.2. The van der Waals surface area contributed by atoms with Crippen LogP contribution in [-0.2, 0) is 4.74 Å². The monoisotopic (exact) mass is 361 g/mol. The lowest BCUT2D eigenvalue weighted by Gasteiger charge is -2.13. The highest BCUT2D eigenvalue weighted by Gasteiger charge is 2.14. The van der Waals surface area contributed by atoms with Crippen LogP contribution in [-0.4, -0.2) is 30.0 Å². The van der Waals surface area contributed by atoms with Gasteiger partial charge in [0.05, 0.1) is 23.4 Å². The Bertz CT molecular complexity index is 780. The summed E-state index contributed by atoms with van der Waals surface area (Å²) in [5, 5.41) is 6.27. The van der Waals surface area contributed by atoms with Crippen molar-refractivity contribution in [2.24, 2.45) is 0 Å². The minimum absolute atomic E-state index is 0.243. The number of amides is 1. The molecule has 1 aromatic carbocycles. The molecule has 0 spiro atoms. The minimum Gasteiger partial charge on any atom is -0.465 e. The zero-order valence-electron chi connectivity index (χ0n) is 14.3. The summed E-state index contributed by atoms with van der Waals surface area (Å²) in [6.45, 7) is 4.13. The number of halogens is 1. The van der Waals surface area contributed by atoms with Crippen molar-refractivity contribution in [2.75, 3.05) is 17.7 Å². The van der Waals surface area contributed by atoms with Gasteiger partial charge >= 0.3 is 5.97 Å². The zero-order chi connectivity index (χ0) is 18.4. The third-order valence-electron chi connectivity index (χ3n) is 3.65. The van der Waals surface area contributed by atoms with Gasteiger partial charge in [-0.25, -0.2) is 4.79 Å². The van der Waals surface area contributed by atoms with Gasteiger partial charge in [0.1, 0.15) is 5.69 Å². The molecule has 6 nitrogen and oxygen atoms in total. The first-order valence-corrected chi connectivity index (χ1v) is 8.24. The summed E-state index contributed by atoms with van der Waals surface area (Å²) in [5.41, 5.74) is 1.66. The van der Waals surface area contributed by atoms with E-state index in [-0.39, 0.29) is 11.7 Å². The van der Waals surface area contributed by atoms with Crippen LogP contribution in [0.3, 0.4) is 0 Å². The number of benzene rings is 1. The fraction of sp³-hybridized carbons (Fsp3) is 0.278. The van der Waals surface area contributed by atoms with Gasteiger partial charge in [0.2, 0.25) is 0 Å². The highest BCUT2D eigenvalue weighted by atomic mass is 35.5. The van der Waals surface area contributed by atoms with Crippen LogP contribution in [0.5, 0.6) is 0 Å². The maximum absolute atomic E-state index is 12.4. The quantitative estimate of drug-likeness (QED) is 0.760. The van der Waals surface area contributed by atoms with E-state index in [1.54, 1.807) is 18.3 Å². The topological polar surface area (TPSA) is 80.3 Å². The summed E-state index contributed by atoms with van der Waals surface area (Å²) in [6.07, 6.45) is 2.52. The normalized spacial score (nSPS) is 11.5. The van der Waals surface area contributed by atoms with Crippen LogP contribution < -0.4 is 10.6 Å². The minimum atomic E-state index is -0.509. The average molecular weight is 362 g/mol. The molecule has 1 atom stereocenters. The van der Waals surface area contributed by atoms with Crippen molar-refractivity contribution in [1.29, 1.82) is 0 Å². The summed E-state index contributed by atoms with van der Waals surface area (Å²) in [5.74, 6) is -0.929. The number of nitrogens with zero attached hydrogens (tertiary/aromatic N) is 1. The van der Waals surface area contributed by atoms with E-state index in [1.165, 1.54) is 25.3 Å². The van der Waals surface area contributed by atoms with Gasteiger partial charge < -0.3 is 15.4 Å². The molecule has 0 aliphatic carbocycles. The molecular weight excluding hydrogens is 342 g/mol. The molecular formula is C18H20ClN3O3. The van der Waals surface area contributed by atoms with Gasteiger partial charge in [-0.05, 0) is 43.7 Å². The lowest BCUT2D eigenvalue weighted by molar-refractivity contribution is 0.0600. The molecule has 2 rings (SSSR count). The van der Waals surface area contributed by atoms with E-state index < -0.39 is 11.9 Å². The lowest BCUT2D eigenvalue weighted by Crippen LogP contribution is -2.17. The molecule has 7 heteroatoms. The van der Waals surface area contributed by atoms with Gasteiger partial charge in [-0.2, -0.15) is 0 Å². The van der Waals surface area contributed by atoms with E-state index in [1.807, 2.05) is 0 Å². The molecule has 0 fully saturated rings. The Kier molecular flexibility index (Phi) is 6.36. The molecule has 2 aromatic rings. The van der Waals surface area contributed by atoms with Gasteiger partial charge in [0.25, 0.3) is 5.91 Å². The van der Waals surface area contributed by atoms with Crippen molar-refractivity contribution in [3.63, 3.8) is 0 Å². The van der Waals surface area contributed by atoms with Gasteiger partial charge in [-0.15, -0.1) is 0 Å². The van der Waals surface area contributed by atoms with Crippen LogP contribution in [0.4, 0.5) is 11.4 Å². The Labute approximate surface area is 151 Å². The summed E-state index contributed by atoms with van der Waals surface area (Å²) in [6, 6.07) is 8.27. The average Bonchev–Trinajstić information content (AvgIpc) is 2.62. The number of methoxy groups -OCH3 is 1. The third-order valence-corrected chi connectivity index (χ3v) is 3.98. The predicted molar refractivity (Wildman–Crippen MR) is 98.4 cm³/mol. The van der Waals surface area contributed by atoms with Crippen LogP contribution in [0.15, 0.2) is 36.5 Å². The maximum atomic E-state index is 12.4. The fourth-order valence-corrected chi connectivity index (χ4v) is 2.25. The van der Waals surface area contributed by atoms with Gasteiger partial charge in [-0.3, -0.25) is 9.78 Å². The van der Waals surface area contributed by atoms with E-state index in [0.29, 0.717) is 16.3 Å². The number of hydrogen-bond donors (Lipinski definition) is 2. The molecule has 0 aliphatic heterocycles. The first-order chi connectivity index (χ1) is 11.9. The number of hydrogen-bond acceptors (Lipinski definition) is 5. The number of carbonyl (C=O) groups excluding carboxylic acids is 2. The van der Waals surface area contributed by atoms with Gasteiger partial charge in [0, 0.05) is 17.9 Å². The smallest absolute Gasteiger partial charge is 0.337 e. The van der Waals surface area contributed by atoms with Crippen LogP contribution in [0, 0.1) is 0 Å². The SMILES string of the molecule is CCC(C)Nc1ccnc(C(=O)Nc2cc(C(=O)OC)ccc2Cl)c1. The highest BCUT2D eigenvalue weighted by molar-refractivity contribution is 6.34. The second kappa shape index (κ2) is 8.48. The summed E-state index contributed by atoms with van der Waals surface area (Å²) >= 11 is 6.09. The molecule has 0 saturated carbocycles. The molecule has 1 heterocycles. The number of anilines is 2. The molecule has 25 heavy (non-hydrogen) atoms. The fourth-order valence-electron chi connectivity index (χ4n) is 2.08. The van der Waals surface area contributed by atoms with Gasteiger partial charge in [0.15, 0.2) is 0 Å². The number of nitrogens with one attached hydrogen (secondary N) is 2. The second-order valence-electron chi connectivity index (χ2n) is 5.52. The molecule has 132 valence electrons. The van der Waals surface area contributed by atoms with Crippen molar-refractivity contribution in [3.8, 4) is 0 Å². The summed E-state index contributed by atoms with van der Waals surface area (Å²) in [4.78, 5) is 28.1. The van der Waals surface area contributed by atoms with Crippen LogP contribution in [0.2, 0.25) is 5.02 Å². The maximum Gasteiger partial charge on any atom is 0.337 e. The zero-order valence-corrected chi connectivity index (χ0v) is 15.1. The first kappa shape index (κ1) is 18.7. The largest absolute Gasteiger partial charge is 0.465 e. The second-order valence-corrected chi connectivity index (χ2v) is 5.93. The molecule has 0 bridgehead atoms. The number of pyridine rings is 1. The molecule has 0 saturated heterocycles. The Morgan fingerprint density at radius 2 is 2.04 bits per heavy atom. The van der Waals surface area contributed by atoms with E-state index >= 15 is 0 Å². The van der Waals surface area contributed by atoms with E-state index in [9.17, 15) is 9.59 Å². The predicted octanol–water partition coefficient (Wildman–Crippen LogP) is 3.98. The Hall–Kier alpha value is -2.60. The molecule has 2 N–H and O–H groups in total. The number of esters is 1. The highest BCUT2D eigenvalue weighted by Crippen LogP contribution is 2.24. The molecule has 1 unspecified atom stereocenters. The van der Waals surface area contributed by atoms with Crippen molar-refractivity contribution in [3.05, 3.63) is 52.8 Å². The van der Waals surface area contributed by atoms with E-state index in [4.69, 9.17) is 11.6 Å². The standard InChI is InChI=1S/C18H20ClN3O3/c1-4-11(2)21-13-7-8-20-16(10-13)17(23)22-15-9-12(18(24)25-3)5-6-14(15)19/h5-11H,4H2,1-3H3,(H,20,21)(H,22,23). The summed E-state index contributed by atoms with van der Waals surface area (Å²) < 4.78 is 4.67. The number of rotatable bonds is 6. The molecule has 0 radical (unpaired) electrons. The number of ether oxygens (including phenoxy) is 1. The Morgan fingerprint density at radius 1 is 1.28 bits per heavy atom. The van der Waals surface area contributed by atoms with Crippen LogP contribution >= 0.6 is 11.6 Å². The van der Waals surface area contributed by atoms with Crippen LogP contribution in [0.25, 0.3) is 0 Å². The van der Waals surface area contributed by atoms with Crippen molar-refractivity contribution in [1.82, 2.24) is 4.98 Å². The van der Waals surface area contributed by atoms with Crippen LogP contribution in [0.1, 0.15) is 41.1 Å². The molecule has 0 aliphatic rings. The number of carbonyl (C=O) groups is 2.